The summed E-state index contributed by atoms with van der Waals surface area (Å²) in [5.74, 6) is 0.545. The van der Waals surface area contributed by atoms with Gasteiger partial charge in [-0.05, 0) is 25.7 Å². The fraction of sp³-hybridized carbons (Fsp3) is 0.708. The number of hydrogen-bond donors (Lipinski definition) is 0. The van der Waals surface area contributed by atoms with Crippen LogP contribution in [0.25, 0.3) is 0 Å². The van der Waals surface area contributed by atoms with Crippen molar-refractivity contribution in [2.75, 3.05) is 0 Å². The largest absolute Gasteiger partial charge is 0.303 e. The van der Waals surface area contributed by atoms with Gasteiger partial charge in [-0.15, -0.1) is 0 Å². The Labute approximate surface area is 156 Å². The second-order valence-electron chi connectivity index (χ2n) is 7.78. The normalized spacial score (nSPS) is 27.9. The third kappa shape index (κ3) is 7.34. The van der Waals surface area contributed by atoms with Crippen LogP contribution < -0.4 is 0 Å². The minimum Gasteiger partial charge on any atom is -0.303 e. The molecule has 0 spiro atoms. The third-order valence-electron chi connectivity index (χ3n) is 5.43. The second-order valence-corrected chi connectivity index (χ2v) is 7.78. The molecular weight excluding hydrogens is 304 g/mol. The molecule has 1 heteroatoms. The van der Waals surface area contributed by atoms with Crippen molar-refractivity contribution in [3.63, 3.8) is 0 Å². The molecule has 0 radical (unpaired) electrons. The first kappa shape index (κ1) is 21.9. The van der Waals surface area contributed by atoms with Gasteiger partial charge >= 0.3 is 0 Å². The van der Waals surface area contributed by atoms with Gasteiger partial charge in [-0.2, -0.15) is 0 Å². The van der Waals surface area contributed by atoms with Crippen LogP contribution in [0, 0.1) is 11.3 Å². The number of hydrogen-bond acceptors (Lipinski definition) is 1. The first-order chi connectivity index (χ1) is 12.2. The molecule has 0 amide bonds. The highest BCUT2D eigenvalue weighted by atomic mass is 16.1. The Balaban J connectivity index is 0.000000326. The van der Waals surface area contributed by atoms with Crippen LogP contribution in [0.2, 0.25) is 0 Å². The fourth-order valence-electron chi connectivity index (χ4n) is 4.15. The van der Waals surface area contributed by atoms with Gasteiger partial charge in [0.25, 0.3) is 0 Å². The first-order valence-electron chi connectivity index (χ1n) is 10.7. The van der Waals surface area contributed by atoms with Crippen molar-refractivity contribution < 1.29 is 4.79 Å². The van der Waals surface area contributed by atoms with Gasteiger partial charge in [0.2, 0.25) is 0 Å². The van der Waals surface area contributed by atoms with E-state index in [0.717, 1.165) is 32.0 Å². The molecule has 3 rings (SSSR count). The Bertz CT molecular complexity index is 453. The number of carbonyl (C=O) groups excluding carboxylic acids is 1. The Kier molecular flexibility index (Phi) is 10.8. The summed E-state index contributed by atoms with van der Waals surface area (Å²) >= 11 is 0. The summed E-state index contributed by atoms with van der Waals surface area (Å²) in [5.41, 5.74) is 2.96. The quantitative estimate of drug-likeness (QED) is 0.379. The molecule has 0 aliphatic heterocycles. The monoisotopic (exact) mass is 344 g/mol. The van der Waals surface area contributed by atoms with E-state index < -0.39 is 0 Å². The lowest BCUT2D eigenvalue weighted by Gasteiger charge is -2.19. The summed E-state index contributed by atoms with van der Waals surface area (Å²) in [6.45, 7) is 8.32. The molecule has 2 unspecified atom stereocenters. The minimum absolute atomic E-state index is 0.130. The molecule has 1 saturated carbocycles. The third-order valence-corrected chi connectivity index (χ3v) is 5.43. The maximum Gasteiger partial charge on any atom is 0.126 e. The predicted molar refractivity (Wildman–Crippen MR) is 111 cm³/mol. The molecule has 0 saturated heterocycles. The molecule has 3 aliphatic carbocycles. The van der Waals surface area contributed by atoms with E-state index in [-0.39, 0.29) is 5.41 Å². The summed E-state index contributed by atoms with van der Waals surface area (Å²) in [5, 5.41) is 0. The Morgan fingerprint density at radius 2 is 1.64 bits per heavy atom. The van der Waals surface area contributed by atoms with Crippen molar-refractivity contribution >= 4 is 6.29 Å². The van der Waals surface area contributed by atoms with Gasteiger partial charge in [0.05, 0.1) is 0 Å². The Morgan fingerprint density at radius 3 is 2.08 bits per heavy atom. The minimum atomic E-state index is -0.130. The molecule has 0 N–H and O–H groups in total. The van der Waals surface area contributed by atoms with Crippen molar-refractivity contribution in [3.05, 3.63) is 35.5 Å². The standard InChI is InChI=1S/C16H22O.C6H12.C2H6/c1-3-7-14-10-16(2,12-17)11-15(14)13-8-5-4-6-9-13;1-2-4-6-5-3-1;1-2/h4-6,8,12-13H,3,7,9-11H2,1-2H3;1-6H2;1-2H3. The smallest absolute Gasteiger partial charge is 0.126 e. The maximum atomic E-state index is 11.2. The van der Waals surface area contributed by atoms with Crippen LogP contribution in [0.3, 0.4) is 0 Å². The van der Waals surface area contributed by atoms with Crippen LogP contribution in [0.15, 0.2) is 35.5 Å². The van der Waals surface area contributed by atoms with Crippen molar-refractivity contribution in [2.24, 2.45) is 11.3 Å². The SMILES string of the molecule is C1CCCCC1.CC.CCCC1=C(C2C=CC=CC2)CC(C)(C=O)C1. The van der Waals surface area contributed by atoms with Crippen molar-refractivity contribution in [1.82, 2.24) is 0 Å². The van der Waals surface area contributed by atoms with Gasteiger partial charge in [0.15, 0.2) is 0 Å². The summed E-state index contributed by atoms with van der Waals surface area (Å²) < 4.78 is 0. The van der Waals surface area contributed by atoms with E-state index in [9.17, 15) is 4.79 Å². The van der Waals surface area contributed by atoms with E-state index in [1.165, 1.54) is 44.9 Å². The molecule has 1 nitrogen and oxygen atoms in total. The lowest BCUT2D eigenvalue weighted by Crippen LogP contribution is -2.15. The fourth-order valence-corrected chi connectivity index (χ4v) is 4.15. The number of carbonyl (C=O) groups is 1. The van der Waals surface area contributed by atoms with Gasteiger partial charge in [-0.3, -0.25) is 0 Å². The van der Waals surface area contributed by atoms with Gasteiger partial charge in [-0.25, -0.2) is 0 Å². The average Bonchev–Trinajstić information content (AvgIpc) is 3.04. The van der Waals surface area contributed by atoms with E-state index in [4.69, 9.17) is 0 Å². The highest BCUT2D eigenvalue weighted by Crippen LogP contribution is 2.46. The summed E-state index contributed by atoms with van der Waals surface area (Å²) in [6, 6.07) is 0. The topological polar surface area (TPSA) is 17.1 Å². The van der Waals surface area contributed by atoms with Crippen LogP contribution in [0.4, 0.5) is 0 Å². The van der Waals surface area contributed by atoms with E-state index in [1.807, 2.05) is 13.8 Å². The Morgan fingerprint density at radius 1 is 1.04 bits per heavy atom. The molecule has 0 bridgehead atoms. The van der Waals surface area contributed by atoms with E-state index in [2.05, 4.69) is 38.2 Å². The molecule has 2 atom stereocenters. The molecular formula is C24H40O. The highest BCUT2D eigenvalue weighted by Gasteiger charge is 2.36. The number of rotatable bonds is 4. The van der Waals surface area contributed by atoms with Gasteiger partial charge in [0, 0.05) is 11.3 Å². The number of allylic oxidation sites excluding steroid dienone is 6. The summed E-state index contributed by atoms with van der Waals surface area (Å²) in [4.78, 5) is 11.2. The van der Waals surface area contributed by atoms with Crippen LogP contribution in [-0.2, 0) is 4.79 Å². The first-order valence-corrected chi connectivity index (χ1v) is 10.7. The lowest BCUT2D eigenvalue weighted by molar-refractivity contribution is -0.115. The van der Waals surface area contributed by atoms with Crippen molar-refractivity contribution in [1.29, 1.82) is 0 Å². The molecule has 0 aromatic carbocycles. The second kappa shape index (κ2) is 12.3. The lowest BCUT2D eigenvalue weighted by atomic mass is 9.84. The molecule has 142 valence electrons. The zero-order valence-electron chi connectivity index (χ0n) is 17.2. The van der Waals surface area contributed by atoms with Crippen LogP contribution in [-0.4, -0.2) is 6.29 Å². The molecule has 0 heterocycles. The Hall–Kier alpha value is -1.11. The summed E-state index contributed by atoms with van der Waals surface area (Å²) in [7, 11) is 0. The molecule has 0 aromatic rings. The van der Waals surface area contributed by atoms with Crippen LogP contribution in [0.5, 0.6) is 0 Å². The predicted octanol–water partition coefficient (Wildman–Crippen LogP) is 7.58. The van der Waals surface area contributed by atoms with E-state index in [1.54, 1.807) is 11.1 Å². The molecule has 25 heavy (non-hydrogen) atoms. The maximum absolute atomic E-state index is 11.2. The van der Waals surface area contributed by atoms with Crippen molar-refractivity contribution in [2.45, 2.75) is 98.3 Å². The van der Waals surface area contributed by atoms with Crippen LogP contribution in [0.1, 0.15) is 98.3 Å². The zero-order chi connectivity index (χ0) is 18.5. The number of aldehydes is 1. The van der Waals surface area contributed by atoms with E-state index in [0.29, 0.717) is 5.92 Å². The molecule has 1 fully saturated rings. The molecule has 0 aromatic heterocycles. The van der Waals surface area contributed by atoms with Gasteiger partial charge in [0.1, 0.15) is 6.29 Å². The zero-order valence-corrected chi connectivity index (χ0v) is 17.2. The van der Waals surface area contributed by atoms with E-state index >= 15 is 0 Å². The highest BCUT2D eigenvalue weighted by molar-refractivity contribution is 5.62. The van der Waals surface area contributed by atoms with Crippen molar-refractivity contribution in [3.8, 4) is 0 Å². The molecule has 3 aliphatic rings. The van der Waals surface area contributed by atoms with Crippen LogP contribution >= 0.6 is 0 Å². The van der Waals surface area contributed by atoms with Gasteiger partial charge < -0.3 is 4.79 Å². The average molecular weight is 345 g/mol. The van der Waals surface area contributed by atoms with Gasteiger partial charge in [-0.1, -0.05) is 108 Å². The summed E-state index contributed by atoms with van der Waals surface area (Å²) in [6.07, 6.45) is 24.3.